The lowest BCUT2D eigenvalue weighted by atomic mass is 10.5. The Hall–Kier alpha value is -0.420. The van der Waals surface area contributed by atoms with Crippen LogP contribution in [-0.2, 0) is 0 Å². The van der Waals surface area contributed by atoms with Crippen molar-refractivity contribution in [1.82, 2.24) is 0 Å². The van der Waals surface area contributed by atoms with E-state index in [0.29, 0.717) is 6.54 Å². The molecule has 4 nitrogen and oxygen atoms in total. The fraction of sp³-hybridized carbons (Fsp3) is 0.833. The van der Waals surface area contributed by atoms with Crippen LogP contribution in [0.5, 0.6) is 0 Å². The summed E-state index contributed by atoms with van der Waals surface area (Å²) in [7, 11) is 0. The molecule has 0 aliphatic carbocycles. The molecule has 0 aliphatic rings. The summed E-state index contributed by atoms with van der Waals surface area (Å²) < 4.78 is 0. The van der Waals surface area contributed by atoms with Gasteiger partial charge in [-0.25, -0.2) is 0 Å². The maximum Gasteiger partial charge on any atom is 0.185 e. The van der Waals surface area contributed by atoms with Gasteiger partial charge in [-0.2, -0.15) is 11.8 Å². The predicted molar refractivity (Wildman–Crippen MR) is 49.7 cm³/mol. The van der Waals surface area contributed by atoms with Gasteiger partial charge in [0.2, 0.25) is 0 Å². The molecule has 0 heterocycles. The third kappa shape index (κ3) is 9.58. The fourth-order valence-corrected chi connectivity index (χ4v) is 1.27. The Morgan fingerprint density at radius 1 is 1.36 bits per heavy atom. The van der Waals surface area contributed by atoms with Gasteiger partial charge in [0.25, 0.3) is 0 Å². The molecule has 0 atom stereocenters. The topological polar surface area (TPSA) is 84.6 Å². The quantitative estimate of drug-likeness (QED) is 0.287. The van der Waals surface area contributed by atoms with Crippen molar-refractivity contribution in [3.05, 3.63) is 0 Å². The van der Waals surface area contributed by atoms with Gasteiger partial charge in [0, 0.05) is 12.4 Å². The van der Waals surface area contributed by atoms with E-state index in [4.69, 9.17) is 16.6 Å². The van der Waals surface area contributed by atoms with Crippen molar-refractivity contribution in [3.63, 3.8) is 0 Å². The average molecular weight is 177 g/mol. The zero-order chi connectivity index (χ0) is 8.53. The van der Waals surface area contributed by atoms with Crippen molar-refractivity contribution in [1.29, 1.82) is 0 Å². The monoisotopic (exact) mass is 177 g/mol. The zero-order valence-electron chi connectivity index (χ0n) is 6.49. The van der Waals surface area contributed by atoms with E-state index in [1.807, 2.05) is 0 Å². The highest BCUT2D eigenvalue weighted by atomic mass is 32.2. The van der Waals surface area contributed by atoms with Crippen LogP contribution < -0.4 is 11.5 Å². The molecule has 0 saturated carbocycles. The molecule has 0 aromatic heterocycles. The van der Waals surface area contributed by atoms with Gasteiger partial charge >= 0.3 is 0 Å². The smallest absolute Gasteiger partial charge is 0.185 e. The van der Waals surface area contributed by atoms with E-state index in [0.717, 1.165) is 17.9 Å². The van der Waals surface area contributed by atoms with Gasteiger partial charge < -0.3 is 16.6 Å². The molecule has 0 aliphatic heterocycles. The van der Waals surface area contributed by atoms with E-state index in [9.17, 15) is 0 Å². The first-order chi connectivity index (χ1) is 5.27. The van der Waals surface area contributed by atoms with Gasteiger partial charge in [-0.3, -0.25) is 4.99 Å². The van der Waals surface area contributed by atoms with Crippen molar-refractivity contribution >= 4 is 17.7 Å². The van der Waals surface area contributed by atoms with Crippen molar-refractivity contribution in [2.24, 2.45) is 16.5 Å². The van der Waals surface area contributed by atoms with Crippen LogP contribution in [0.4, 0.5) is 0 Å². The minimum atomic E-state index is 0.146. The lowest BCUT2D eigenvalue weighted by Crippen LogP contribution is -2.23. The molecule has 0 radical (unpaired) electrons. The maximum absolute atomic E-state index is 8.43. The molecule has 11 heavy (non-hydrogen) atoms. The molecule has 0 saturated heterocycles. The van der Waals surface area contributed by atoms with Crippen LogP contribution in [-0.4, -0.2) is 35.7 Å². The fourth-order valence-electron chi connectivity index (χ4n) is 0.508. The molecular formula is C6H15N3OS. The number of aliphatic imine (C=N–C) groups is 1. The first kappa shape index (κ1) is 10.6. The summed E-state index contributed by atoms with van der Waals surface area (Å²) in [5.41, 5.74) is 10.2. The molecule has 66 valence electrons. The van der Waals surface area contributed by atoms with Gasteiger partial charge in [-0.15, -0.1) is 0 Å². The van der Waals surface area contributed by atoms with Crippen LogP contribution >= 0.6 is 11.8 Å². The summed E-state index contributed by atoms with van der Waals surface area (Å²) in [6.07, 6.45) is 0.840. The minimum Gasteiger partial charge on any atom is -0.396 e. The Labute approximate surface area is 71.1 Å². The molecule has 0 spiro atoms. The SMILES string of the molecule is NC(N)=NCCSCCCO. The highest BCUT2D eigenvalue weighted by Gasteiger charge is 1.87. The summed E-state index contributed by atoms with van der Waals surface area (Å²) >= 11 is 1.74. The molecule has 0 aromatic carbocycles. The highest BCUT2D eigenvalue weighted by molar-refractivity contribution is 7.99. The lowest BCUT2D eigenvalue weighted by molar-refractivity contribution is 0.296. The van der Waals surface area contributed by atoms with Gasteiger partial charge in [-0.1, -0.05) is 0 Å². The van der Waals surface area contributed by atoms with Crippen molar-refractivity contribution in [3.8, 4) is 0 Å². The number of nitrogens with zero attached hydrogens (tertiary/aromatic N) is 1. The van der Waals surface area contributed by atoms with Crippen molar-refractivity contribution in [2.75, 3.05) is 24.7 Å². The van der Waals surface area contributed by atoms with E-state index in [-0.39, 0.29) is 12.6 Å². The number of guanidine groups is 1. The number of thioether (sulfide) groups is 1. The summed E-state index contributed by atoms with van der Waals surface area (Å²) in [6, 6.07) is 0. The van der Waals surface area contributed by atoms with Crippen LogP contribution in [0.1, 0.15) is 6.42 Å². The van der Waals surface area contributed by atoms with Crippen LogP contribution in [0.3, 0.4) is 0 Å². The maximum atomic E-state index is 8.43. The second-order valence-corrected chi connectivity index (χ2v) is 3.22. The molecule has 0 unspecified atom stereocenters. The first-order valence-electron chi connectivity index (χ1n) is 3.51. The molecule has 0 rings (SSSR count). The molecule has 0 bridgehead atoms. The Morgan fingerprint density at radius 3 is 2.64 bits per heavy atom. The highest BCUT2D eigenvalue weighted by Crippen LogP contribution is 2.00. The van der Waals surface area contributed by atoms with Crippen LogP contribution in [0.2, 0.25) is 0 Å². The third-order valence-corrected chi connectivity index (χ3v) is 2.03. The molecular weight excluding hydrogens is 162 g/mol. The third-order valence-electron chi connectivity index (χ3n) is 0.977. The van der Waals surface area contributed by atoms with E-state index < -0.39 is 0 Å². The predicted octanol–water partition coefficient (Wildman–Crippen LogP) is -0.625. The summed E-state index contributed by atoms with van der Waals surface area (Å²) in [5.74, 6) is 2.03. The van der Waals surface area contributed by atoms with Gasteiger partial charge in [0.05, 0.1) is 6.54 Å². The molecule has 5 heteroatoms. The number of hydrogen-bond donors (Lipinski definition) is 3. The molecule has 0 fully saturated rings. The normalized spacial score (nSPS) is 9.55. The van der Waals surface area contributed by atoms with Crippen molar-refractivity contribution in [2.45, 2.75) is 6.42 Å². The Balaban J connectivity index is 2.97. The largest absolute Gasteiger partial charge is 0.396 e. The molecule has 0 amide bonds. The van der Waals surface area contributed by atoms with E-state index in [1.54, 1.807) is 11.8 Å². The summed E-state index contributed by atoms with van der Waals surface area (Å²) in [4.78, 5) is 3.81. The average Bonchev–Trinajstić information content (AvgIpc) is 1.96. The van der Waals surface area contributed by atoms with E-state index in [2.05, 4.69) is 4.99 Å². The number of rotatable bonds is 6. The van der Waals surface area contributed by atoms with Gasteiger partial charge in [0.15, 0.2) is 5.96 Å². The molecule has 5 N–H and O–H groups in total. The number of aliphatic hydroxyl groups excluding tert-OH is 1. The number of aliphatic hydroxyl groups is 1. The van der Waals surface area contributed by atoms with Gasteiger partial charge in [-0.05, 0) is 12.2 Å². The zero-order valence-corrected chi connectivity index (χ0v) is 7.31. The van der Waals surface area contributed by atoms with Gasteiger partial charge in [0.1, 0.15) is 0 Å². The first-order valence-corrected chi connectivity index (χ1v) is 4.67. The standard InChI is InChI=1S/C6H15N3OS/c7-6(8)9-2-5-11-4-1-3-10/h10H,1-5H2,(H4,7,8,9). The molecule has 0 aromatic rings. The number of nitrogens with two attached hydrogens (primary N) is 2. The summed E-state index contributed by atoms with van der Waals surface area (Å²) in [5, 5.41) is 8.43. The van der Waals surface area contributed by atoms with Crippen LogP contribution in [0.15, 0.2) is 4.99 Å². The second-order valence-electron chi connectivity index (χ2n) is 2.00. The Bertz CT molecular complexity index is 114. The van der Waals surface area contributed by atoms with Crippen molar-refractivity contribution < 1.29 is 5.11 Å². The van der Waals surface area contributed by atoms with Crippen LogP contribution in [0, 0.1) is 0 Å². The minimum absolute atomic E-state index is 0.146. The number of hydrogen-bond acceptors (Lipinski definition) is 3. The second kappa shape index (κ2) is 7.68. The van der Waals surface area contributed by atoms with Crippen LogP contribution in [0.25, 0.3) is 0 Å². The summed E-state index contributed by atoms with van der Waals surface area (Å²) in [6.45, 7) is 0.924. The van der Waals surface area contributed by atoms with E-state index in [1.165, 1.54) is 0 Å². The van der Waals surface area contributed by atoms with E-state index >= 15 is 0 Å². The lowest BCUT2D eigenvalue weighted by Gasteiger charge is -1.96. The Morgan fingerprint density at radius 2 is 2.09 bits per heavy atom. The Kier molecular flexibility index (Phi) is 7.39.